The lowest BCUT2D eigenvalue weighted by Gasteiger charge is -2.38. The van der Waals surface area contributed by atoms with Crippen LogP contribution >= 0.6 is 11.6 Å². The highest BCUT2D eigenvalue weighted by atomic mass is 35.5. The molecule has 0 amide bonds. The molecule has 0 spiro atoms. The number of rotatable bonds is 3. The lowest BCUT2D eigenvalue weighted by Crippen LogP contribution is -2.46. The van der Waals surface area contributed by atoms with Gasteiger partial charge in [0.25, 0.3) is 0 Å². The Morgan fingerprint density at radius 2 is 2.28 bits per heavy atom. The molecule has 0 bridgehead atoms. The number of benzene rings is 1. The van der Waals surface area contributed by atoms with Gasteiger partial charge in [-0.05, 0) is 44.5 Å². The van der Waals surface area contributed by atoms with Gasteiger partial charge in [0.15, 0.2) is 0 Å². The summed E-state index contributed by atoms with van der Waals surface area (Å²) in [5.74, 6) is 0. The van der Waals surface area contributed by atoms with Gasteiger partial charge in [-0.15, -0.1) is 0 Å². The number of aliphatic hydroxyl groups is 1. The maximum absolute atomic E-state index is 10.1. The smallest absolute Gasteiger partial charge is 0.0794 e. The van der Waals surface area contributed by atoms with E-state index in [0.717, 1.165) is 36.6 Å². The van der Waals surface area contributed by atoms with Crippen LogP contribution in [0.25, 0.3) is 0 Å². The van der Waals surface area contributed by atoms with Gasteiger partial charge in [0.2, 0.25) is 0 Å². The molecule has 1 aliphatic rings. The van der Waals surface area contributed by atoms with Gasteiger partial charge in [-0.25, -0.2) is 0 Å². The zero-order chi connectivity index (χ0) is 13.2. The molecular formula is C14H21ClN2O. The maximum Gasteiger partial charge on any atom is 0.0794 e. The largest absolute Gasteiger partial charge is 0.388 e. The fourth-order valence-corrected chi connectivity index (χ4v) is 2.87. The molecule has 1 aromatic carbocycles. The molecule has 0 radical (unpaired) electrons. The van der Waals surface area contributed by atoms with E-state index in [9.17, 15) is 5.11 Å². The second-order valence-electron chi connectivity index (χ2n) is 5.34. The highest BCUT2D eigenvalue weighted by Crippen LogP contribution is 2.31. The third-order valence-electron chi connectivity index (χ3n) is 3.41. The number of halogens is 1. The average Bonchev–Trinajstić information content (AvgIpc) is 2.28. The van der Waals surface area contributed by atoms with Crippen molar-refractivity contribution < 1.29 is 5.11 Å². The van der Waals surface area contributed by atoms with Crippen LogP contribution in [0.4, 0.5) is 5.69 Å². The third kappa shape index (κ3) is 3.16. The Balaban J connectivity index is 2.18. The van der Waals surface area contributed by atoms with Gasteiger partial charge < -0.3 is 15.3 Å². The van der Waals surface area contributed by atoms with Crippen LogP contribution in [0.5, 0.6) is 0 Å². The van der Waals surface area contributed by atoms with Crippen molar-refractivity contribution >= 4 is 17.3 Å². The van der Waals surface area contributed by atoms with Gasteiger partial charge in [0, 0.05) is 19.6 Å². The number of hydrogen-bond donors (Lipinski definition) is 2. The summed E-state index contributed by atoms with van der Waals surface area (Å²) in [5.41, 5.74) is 1.59. The average molecular weight is 269 g/mol. The number of anilines is 1. The SMILES string of the molecule is CNCc1ccc(N2CCCC(C)(O)C2)c(Cl)c1. The lowest BCUT2D eigenvalue weighted by molar-refractivity contribution is 0.0449. The Kier molecular flexibility index (Phi) is 4.15. The molecule has 1 atom stereocenters. The normalized spacial score (nSPS) is 24.3. The molecule has 1 heterocycles. The standard InChI is InChI=1S/C14H21ClN2O/c1-14(18)6-3-7-17(10-14)13-5-4-11(9-16-2)8-12(13)15/h4-5,8,16,18H,3,6-7,9-10H2,1-2H3. The Hall–Kier alpha value is -0.770. The highest BCUT2D eigenvalue weighted by molar-refractivity contribution is 6.33. The number of piperidine rings is 1. The molecule has 3 nitrogen and oxygen atoms in total. The Labute approximate surface area is 114 Å². The summed E-state index contributed by atoms with van der Waals surface area (Å²) in [6, 6.07) is 6.13. The molecule has 2 N–H and O–H groups in total. The predicted molar refractivity (Wildman–Crippen MR) is 76.3 cm³/mol. The van der Waals surface area contributed by atoms with Crippen LogP contribution in [-0.2, 0) is 6.54 Å². The first-order valence-corrected chi connectivity index (χ1v) is 6.80. The van der Waals surface area contributed by atoms with E-state index in [1.165, 1.54) is 5.56 Å². The quantitative estimate of drug-likeness (QED) is 0.884. The summed E-state index contributed by atoms with van der Waals surface area (Å²) in [4.78, 5) is 2.18. The summed E-state index contributed by atoms with van der Waals surface area (Å²) in [7, 11) is 1.92. The molecule has 2 rings (SSSR count). The first kappa shape index (κ1) is 13.7. The Morgan fingerprint density at radius 1 is 1.50 bits per heavy atom. The van der Waals surface area contributed by atoms with Crippen LogP contribution < -0.4 is 10.2 Å². The van der Waals surface area contributed by atoms with Crippen LogP contribution in [-0.4, -0.2) is 30.8 Å². The summed E-state index contributed by atoms with van der Waals surface area (Å²) < 4.78 is 0. The zero-order valence-electron chi connectivity index (χ0n) is 11.0. The summed E-state index contributed by atoms with van der Waals surface area (Å²) in [6.45, 7) is 4.32. The molecule has 18 heavy (non-hydrogen) atoms. The Bertz CT molecular complexity index is 420. The Morgan fingerprint density at radius 3 is 2.89 bits per heavy atom. The topological polar surface area (TPSA) is 35.5 Å². The van der Waals surface area contributed by atoms with Crippen molar-refractivity contribution in [3.63, 3.8) is 0 Å². The van der Waals surface area contributed by atoms with E-state index in [4.69, 9.17) is 11.6 Å². The van der Waals surface area contributed by atoms with Crippen LogP contribution in [0, 0.1) is 0 Å². The zero-order valence-corrected chi connectivity index (χ0v) is 11.8. The van der Waals surface area contributed by atoms with Crippen molar-refractivity contribution in [1.82, 2.24) is 5.32 Å². The van der Waals surface area contributed by atoms with Crippen molar-refractivity contribution in [3.8, 4) is 0 Å². The minimum Gasteiger partial charge on any atom is -0.388 e. The van der Waals surface area contributed by atoms with Crippen LogP contribution in [0.3, 0.4) is 0 Å². The van der Waals surface area contributed by atoms with Gasteiger partial charge in [0.05, 0.1) is 16.3 Å². The van der Waals surface area contributed by atoms with Gasteiger partial charge in [-0.2, -0.15) is 0 Å². The number of nitrogens with zero attached hydrogens (tertiary/aromatic N) is 1. The molecule has 1 aromatic rings. The van der Waals surface area contributed by atoms with E-state index >= 15 is 0 Å². The monoisotopic (exact) mass is 268 g/mol. The van der Waals surface area contributed by atoms with Gasteiger partial charge in [-0.1, -0.05) is 17.7 Å². The van der Waals surface area contributed by atoms with E-state index in [2.05, 4.69) is 22.3 Å². The van der Waals surface area contributed by atoms with Crippen molar-refractivity contribution in [2.24, 2.45) is 0 Å². The van der Waals surface area contributed by atoms with E-state index in [1.54, 1.807) is 0 Å². The van der Waals surface area contributed by atoms with Crippen LogP contribution in [0.15, 0.2) is 18.2 Å². The molecule has 1 unspecified atom stereocenters. The highest BCUT2D eigenvalue weighted by Gasteiger charge is 2.29. The summed E-state index contributed by atoms with van der Waals surface area (Å²) >= 11 is 6.34. The van der Waals surface area contributed by atoms with Gasteiger partial charge in [-0.3, -0.25) is 0 Å². The van der Waals surface area contributed by atoms with Crippen molar-refractivity contribution in [2.45, 2.75) is 31.9 Å². The molecule has 100 valence electrons. The van der Waals surface area contributed by atoms with Gasteiger partial charge in [0.1, 0.15) is 0 Å². The number of nitrogens with one attached hydrogen (secondary N) is 1. The first-order chi connectivity index (χ1) is 8.52. The fraction of sp³-hybridized carbons (Fsp3) is 0.571. The lowest BCUT2D eigenvalue weighted by atomic mass is 9.94. The van der Waals surface area contributed by atoms with E-state index in [-0.39, 0.29) is 0 Å². The summed E-state index contributed by atoms with van der Waals surface area (Å²) in [5, 5.41) is 14.0. The predicted octanol–water partition coefficient (Wildman–Crippen LogP) is 2.41. The van der Waals surface area contributed by atoms with Crippen molar-refractivity contribution in [2.75, 3.05) is 25.0 Å². The molecule has 4 heteroatoms. The minimum atomic E-state index is -0.606. The molecule has 1 fully saturated rings. The molecule has 0 saturated carbocycles. The molecular weight excluding hydrogens is 248 g/mol. The third-order valence-corrected chi connectivity index (χ3v) is 3.71. The van der Waals surface area contributed by atoms with E-state index in [0.29, 0.717) is 6.54 Å². The van der Waals surface area contributed by atoms with Crippen LogP contribution in [0.1, 0.15) is 25.3 Å². The second-order valence-corrected chi connectivity index (χ2v) is 5.75. The number of β-amino-alcohol motifs (C(OH)–C–C–N with tert-alkyl or cyclic N) is 1. The fourth-order valence-electron chi connectivity index (χ4n) is 2.55. The summed E-state index contributed by atoms with van der Waals surface area (Å²) in [6.07, 6.45) is 1.86. The minimum absolute atomic E-state index is 0.606. The van der Waals surface area contributed by atoms with Crippen molar-refractivity contribution in [3.05, 3.63) is 28.8 Å². The van der Waals surface area contributed by atoms with Crippen molar-refractivity contribution in [1.29, 1.82) is 0 Å². The first-order valence-electron chi connectivity index (χ1n) is 6.42. The number of hydrogen-bond acceptors (Lipinski definition) is 3. The maximum atomic E-state index is 10.1. The molecule has 0 aliphatic carbocycles. The molecule has 0 aromatic heterocycles. The second kappa shape index (κ2) is 5.47. The van der Waals surface area contributed by atoms with Gasteiger partial charge >= 0.3 is 0 Å². The van der Waals surface area contributed by atoms with E-state index < -0.39 is 5.60 Å². The molecule has 1 saturated heterocycles. The molecule has 1 aliphatic heterocycles. The van der Waals surface area contributed by atoms with Crippen LogP contribution in [0.2, 0.25) is 5.02 Å². The van der Waals surface area contributed by atoms with E-state index in [1.807, 2.05) is 20.0 Å².